The van der Waals surface area contributed by atoms with Crippen molar-refractivity contribution in [3.05, 3.63) is 30.1 Å². The molecule has 3 heteroatoms. The first kappa shape index (κ1) is 11.6. The monoisotopic (exact) mass is 219 g/mol. The van der Waals surface area contributed by atoms with Gasteiger partial charge in [-0.25, -0.2) is 0 Å². The summed E-state index contributed by atoms with van der Waals surface area (Å²) < 4.78 is 0. The molecular formula is C13H21N3. The van der Waals surface area contributed by atoms with Crippen LogP contribution in [0.25, 0.3) is 0 Å². The van der Waals surface area contributed by atoms with Crippen molar-refractivity contribution in [1.82, 2.24) is 9.88 Å². The van der Waals surface area contributed by atoms with Gasteiger partial charge in [-0.15, -0.1) is 0 Å². The molecule has 0 aromatic carbocycles. The number of hydrogen-bond donors (Lipinski definition) is 1. The largest absolute Gasteiger partial charge is 0.326 e. The van der Waals surface area contributed by atoms with E-state index in [4.69, 9.17) is 5.73 Å². The lowest BCUT2D eigenvalue weighted by molar-refractivity contribution is 0.162. The minimum absolute atomic E-state index is 0.348. The highest BCUT2D eigenvalue weighted by Gasteiger charge is 2.25. The Balaban J connectivity index is 1.94. The average Bonchev–Trinajstić information content (AvgIpc) is 2.31. The molecule has 0 aliphatic heterocycles. The van der Waals surface area contributed by atoms with Gasteiger partial charge in [0, 0.05) is 31.0 Å². The van der Waals surface area contributed by atoms with Crippen LogP contribution in [-0.4, -0.2) is 29.0 Å². The Kier molecular flexibility index (Phi) is 3.91. The summed E-state index contributed by atoms with van der Waals surface area (Å²) in [4.78, 5) is 6.42. The molecule has 16 heavy (non-hydrogen) atoms. The maximum Gasteiger partial charge on any atom is 0.0271 e. The molecule has 2 atom stereocenters. The Bertz CT molecular complexity index is 312. The molecule has 88 valence electrons. The molecule has 3 nitrogen and oxygen atoms in total. The fourth-order valence-corrected chi connectivity index (χ4v) is 2.58. The number of nitrogens with two attached hydrogens (primary N) is 1. The van der Waals surface area contributed by atoms with Crippen LogP contribution >= 0.6 is 0 Å². The molecule has 1 aliphatic rings. The first-order chi connectivity index (χ1) is 7.77. The average molecular weight is 219 g/mol. The van der Waals surface area contributed by atoms with E-state index in [1.165, 1.54) is 31.2 Å². The lowest BCUT2D eigenvalue weighted by Crippen LogP contribution is -2.47. The van der Waals surface area contributed by atoms with Crippen LogP contribution in [0.1, 0.15) is 31.2 Å². The second-order valence-corrected chi connectivity index (χ2v) is 4.79. The predicted octanol–water partition coefficient (Wildman–Crippen LogP) is 1.78. The van der Waals surface area contributed by atoms with Gasteiger partial charge in [-0.05, 0) is 37.6 Å². The van der Waals surface area contributed by atoms with E-state index >= 15 is 0 Å². The molecule has 2 N–H and O–H groups in total. The Morgan fingerprint density at radius 1 is 1.31 bits per heavy atom. The third-order valence-electron chi connectivity index (χ3n) is 3.53. The molecule has 2 unspecified atom stereocenters. The molecule has 0 spiro atoms. The molecule has 1 aromatic rings. The third kappa shape index (κ3) is 2.80. The highest BCUT2D eigenvalue weighted by atomic mass is 15.1. The van der Waals surface area contributed by atoms with Gasteiger partial charge in [0.1, 0.15) is 0 Å². The van der Waals surface area contributed by atoms with E-state index in [0.29, 0.717) is 12.1 Å². The summed E-state index contributed by atoms with van der Waals surface area (Å²) in [6.07, 6.45) is 8.72. The molecule has 1 heterocycles. The summed E-state index contributed by atoms with van der Waals surface area (Å²) in [7, 11) is 2.18. The van der Waals surface area contributed by atoms with Gasteiger partial charge in [-0.1, -0.05) is 12.8 Å². The second kappa shape index (κ2) is 5.41. The topological polar surface area (TPSA) is 42.2 Å². The fourth-order valence-electron chi connectivity index (χ4n) is 2.58. The van der Waals surface area contributed by atoms with E-state index in [2.05, 4.69) is 29.1 Å². The van der Waals surface area contributed by atoms with Crippen molar-refractivity contribution in [3.8, 4) is 0 Å². The molecule has 1 saturated carbocycles. The number of aromatic nitrogens is 1. The second-order valence-electron chi connectivity index (χ2n) is 4.79. The van der Waals surface area contributed by atoms with Crippen molar-refractivity contribution < 1.29 is 0 Å². The minimum atomic E-state index is 0.348. The van der Waals surface area contributed by atoms with Crippen molar-refractivity contribution in [2.75, 3.05) is 7.05 Å². The number of likely N-dealkylation sites (N-methyl/N-ethyl adjacent to an activating group) is 1. The van der Waals surface area contributed by atoms with Crippen molar-refractivity contribution >= 4 is 0 Å². The summed E-state index contributed by atoms with van der Waals surface area (Å²) in [5.41, 5.74) is 7.49. The highest BCUT2D eigenvalue weighted by Crippen LogP contribution is 2.22. The SMILES string of the molecule is CN(Cc1ccncc1)C1CCCCC1N. The van der Waals surface area contributed by atoms with E-state index in [-0.39, 0.29) is 0 Å². The molecule has 1 fully saturated rings. The van der Waals surface area contributed by atoms with E-state index in [9.17, 15) is 0 Å². The van der Waals surface area contributed by atoms with Crippen LogP contribution in [0.4, 0.5) is 0 Å². The molecular weight excluding hydrogens is 198 g/mol. The van der Waals surface area contributed by atoms with Gasteiger partial charge in [-0.2, -0.15) is 0 Å². The van der Waals surface area contributed by atoms with Crippen LogP contribution in [0, 0.1) is 0 Å². The van der Waals surface area contributed by atoms with Crippen molar-refractivity contribution in [3.63, 3.8) is 0 Å². The number of rotatable bonds is 3. The standard InChI is InChI=1S/C13H21N3/c1-16(10-11-6-8-15-9-7-11)13-5-3-2-4-12(13)14/h6-9,12-13H,2-5,10,14H2,1H3. The molecule has 2 rings (SSSR count). The number of hydrogen-bond acceptors (Lipinski definition) is 3. The van der Waals surface area contributed by atoms with Crippen LogP contribution in [0.2, 0.25) is 0 Å². The Hall–Kier alpha value is -0.930. The van der Waals surface area contributed by atoms with Crippen molar-refractivity contribution in [2.45, 2.75) is 44.3 Å². The number of nitrogens with zero attached hydrogens (tertiary/aromatic N) is 2. The molecule has 0 radical (unpaired) electrons. The third-order valence-corrected chi connectivity index (χ3v) is 3.53. The van der Waals surface area contributed by atoms with Gasteiger partial charge >= 0.3 is 0 Å². The predicted molar refractivity (Wildman–Crippen MR) is 65.9 cm³/mol. The Morgan fingerprint density at radius 3 is 2.69 bits per heavy atom. The summed E-state index contributed by atoms with van der Waals surface area (Å²) >= 11 is 0. The fraction of sp³-hybridized carbons (Fsp3) is 0.615. The zero-order chi connectivity index (χ0) is 11.4. The molecule has 0 saturated heterocycles. The van der Waals surface area contributed by atoms with Gasteiger partial charge in [0.05, 0.1) is 0 Å². The Labute approximate surface area is 97.7 Å². The Morgan fingerprint density at radius 2 is 2.00 bits per heavy atom. The summed E-state index contributed by atoms with van der Waals surface area (Å²) in [6.45, 7) is 0.973. The summed E-state index contributed by atoms with van der Waals surface area (Å²) in [5, 5.41) is 0. The summed E-state index contributed by atoms with van der Waals surface area (Å²) in [6, 6.07) is 5.04. The van der Waals surface area contributed by atoms with Crippen molar-refractivity contribution in [2.24, 2.45) is 5.73 Å². The van der Waals surface area contributed by atoms with Crippen LogP contribution in [-0.2, 0) is 6.54 Å². The van der Waals surface area contributed by atoms with Gasteiger partial charge < -0.3 is 5.73 Å². The van der Waals surface area contributed by atoms with Crippen LogP contribution < -0.4 is 5.73 Å². The quantitative estimate of drug-likeness (QED) is 0.842. The van der Waals surface area contributed by atoms with Crippen LogP contribution in [0.15, 0.2) is 24.5 Å². The lowest BCUT2D eigenvalue weighted by Gasteiger charge is -2.36. The van der Waals surface area contributed by atoms with E-state index in [1.807, 2.05) is 12.4 Å². The zero-order valence-electron chi connectivity index (χ0n) is 9.97. The minimum Gasteiger partial charge on any atom is -0.326 e. The van der Waals surface area contributed by atoms with Crippen molar-refractivity contribution in [1.29, 1.82) is 0 Å². The normalized spacial score (nSPS) is 25.9. The summed E-state index contributed by atoms with van der Waals surface area (Å²) in [5.74, 6) is 0. The smallest absolute Gasteiger partial charge is 0.0271 e. The molecule has 1 aromatic heterocycles. The van der Waals surface area contributed by atoms with Gasteiger partial charge in [-0.3, -0.25) is 9.88 Å². The maximum atomic E-state index is 6.18. The highest BCUT2D eigenvalue weighted by molar-refractivity contribution is 5.09. The van der Waals surface area contributed by atoms with Crippen LogP contribution in [0.3, 0.4) is 0 Å². The first-order valence-corrected chi connectivity index (χ1v) is 6.12. The molecule has 1 aliphatic carbocycles. The van der Waals surface area contributed by atoms with E-state index < -0.39 is 0 Å². The number of pyridine rings is 1. The van der Waals surface area contributed by atoms with E-state index in [0.717, 1.165) is 6.54 Å². The van der Waals surface area contributed by atoms with Gasteiger partial charge in [0.25, 0.3) is 0 Å². The van der Waals surface area contributed by atoms with Gasteiger partial charge in [0.15, 0.2) is 0 Å². The van der Waals surface area contributed by atoms with Crippen LogP contribution in [0.5, 0.6) is 0 Å². The zero-order valence-corrected chi connectivity index (χ0v) is 9.97. The lowest BCUT2D eigenvalue weighted by atomic mass is 9.90. The maximum absolute atomic E-state index is 6.18. The molecule has 0 amide bonds. The first-order valence-electron chi connectivity index (χ1n) is 6.12. The molecule has 0 bridgehead atoms. The van der Waals surface area contributed by atoms with Gasteiger partial charge in [0.2, 0.25) is 0 Å². The van der Waals surface area contributed by atoms with E-state index in [1.54, 1.807) is 0 Å².